The highest BCUT2D eigenvalue weighted by Crippen LogP contribution is 2.34. The van der Waals surface area contributed by atoms with Gasteiger partial charge in [-0.2, -0.15) is 0 Å². The van der Waals surface area contributed by atoms with E-state index in [1.807, 2.05) is 0 Å². The minimum atomic E-state index is -0.217. The molecule has 0 aromatic heterocycles. The van der Waals surface area contributed by atoms with Crippen molar-refractivity contribution >= 4 is 17.5 Å². The number of benzene rings is 1. The van der Waals surface area contributed by atoms with Gasteiger partial charge in [0.05, 0.1) is 31.4 Å². The number of nitrogens with zero attached hydrogens (tertiary/aromatic N) is 1. The molecule has 126 valence electrons. The maximum Gasteiger partial charge on any atom is 0.255 e. The molecule has 1 heterocycles. The Bertz CT molecular complexity index is 595. The fourth-order valence-corrected chi connectivity index (χ4v) is 2.51. The van der Waals surface area contributed by atoms with Gasteiger partial charge in [-0.05, 0) is 19.0 Å². The third-order valence-corrected chi connectivity index (χ3v) is 3.85. The van der Waals surface area contributed by atoms with E-state index in [1.165, 1.54) is 19.1 Å². The Morgan fingerprint density at radius 3 is 2.39 bits per heavy atom. The van der Waals surface area contributed by atoms with E-state index in [1.54, 1.807) is 26.2 Å². The van der Waals surface area contributed by atoms with E-state index in [4.69, 9.17) is 9.47 Å². The molecule has 1 saturated heterocycles. The van der Waals surface area contributed by atoms with Crippen molar-refractivity contribution in [2.45, 2.75) is 6.42 Å². The molecular weight excluding hydrogens is 298 g/mol. The van der Waals surface area contributed by atoms with E-state index in [2.05, 4.69) is 10.6 Å². The summed E-state index contributed by atoms with van der Waals surface area (Å²) in [5, 5.41) is 6.01. The lowest BCUT2D eigenvalue weighted by Crippen LogP contribution is -2.27. The molecular formula is C16H23N3O4. The van der Waals surface area contributed by atoms with Gasteiger partial charge in [-0.25, -0.2) is 0 Å². The van der Waals surface area contributed by atoms with Crippen LogP contribution >= 0.6 is 0 Å². The number of hydrogen-bond donors (Lipinski definition) is 2. The molecule has 2 rings (SSSR count). The molecule has 23 heavy (non-hydrogen) atoms. The number of nitrogens with one attached hydrogen (secondary N) is 2. The lowest BCUT2D eigenvalue weighted by atomic mass is 10.1. The third-order valence-electron chi connectivity index (χ3n) is 3.85. The summed E-state index contributed by atoms with van der Waals surface area (Å²) in [5.41, 5.74) is 0.796. The molecule has 1 atom stereocenters. The first-order valence-electron chi connectivity index (χ1n) is 7.47. The van der Waals surface area contributed by atoms with Crippen LogP contribution in [0.5, 0.6) is 11.5 Å². The molecule has 1 fully saturated rings. The minimum Gasteiger partial charge on any atom is -0.493 e. The fourth-order valence-electron chi connectivity index (χ4n) is 2.51. The molecule has 7 nitrogen and oxygen atoms in total. The Morgan fingerprint density at radius 1 is 1.22 bits per heavy atom. The second-order valence-electron chi connectivity index (χ2n) is 5.63. The zero-order valence-electron chi connectivity index (χ0n) is 13.9. The summed E-state index contributed by atoms with van der Waals surface area (Å²) in [5.74, 6) is 0.493. The number of anilines is 1. The lowest BCUT2D eigenvalue weighted by molar-refractivity contribution is -0.119. The Kier molecular flexibility index (Phi) is 5.44. The molecule has 0 bridgehead atoms. The largest absolute Gasteiger partial charge is 0.493 e. The molecule has 0 radical (unpaired) electrons. The molecule has 0 aliphatic carbocycles. The molecule has 7 heteroatoms. The second kappa shape index (κ2) is 7.32. The fraction of sp³-hybridized carbons (Fsp3) is 0.500. The molecule has 0 saturated carbocycles. The maximum atomic E-state index is 12.4. The predicted octanol–water partition coefficient (Wildman–Crippen LogP) is 0.954. The van der Waals surface area contributed by atoms with Crippen LogP contribution < -0.4 is 20.1 Å². The SMILES string of the molecule is COc1cc(NC(=O)C2CCNC2)c(C(=O)N(C)C)cc1OC. The van der Waals surface area contributed by atoms with Crippen molar-refractivity contribution in [1.29, 1.82) is 0 Å². The molecule has 2 N–H and O–H groups in total. The van der Waals surface area contributed by atoms with Crippen LogP contribution in [0.2, 0.25) is 0 Å². The van der Waals surface area contributed by atoms with Crippen LogP contribution in [0, 0.1) is 5.92 Å². The molecule has 2 amide bonds. The average molecular weight is 321 g/mol. The van der Waals surface area contributed by atoms with Crippen LogP contribution in [0.15, 0.2) is 12.1 Å². The van der Waals surface area contributed by atoms with Gasteiger partial charge in [-0.1, -0.05) is 0 Å². The first kappa shape index (κ1) is 17.1. The first-order valence-corrected chi connectivity index (χ1v) is 7.47. The summed E-state index contributed by atoms with van der Waals surface area (Å²) in [7, 11) is 6.33. The number of carbonyl (C=O) groups excluding carboxylic acids is 2. The topological polar surface area (TPSA) is 79.9 Å². The van der Waals surface area contributed by atoms with Gasteiger partial charge in [-0.15, -0.1) is 0 Å². The van der Waals surface area contributed by atoms with Gasteiger partial charge in [0.1, 0.15) is 0 Å². The van der Waals surface area contributed by atoms with Crippen molar-refractivity contribution in [1.82, 2.24) is 10.2 Å². The van der Waals surface area contributed by atoms with Crippen LogP contribution in [-0.2, 0) is 4.79 Å². The number of hydrogen-bond acceptors (Lipinski definition) is 5. The number of ether oxygens (including phenoxy) is 2. The van der Waals surface area contributed by atoms with Crippen molar-refractivity contribution in [3.8, 4) is 11.5 Å². The lowest BCUT2D eigenvalue weighted by Gasteiger charge is -2.19. The molecule has 1 unspecified atom stereocenters. The highest BCUT2D eigenvalue weighted by molar-refractivity contribution is 6.05. The molecule has 1 aliphatic rings. The number of rotatable bonds is 5. The van der Waals surface area contributed by atoms with Gasteiger partial charge in [-0.3, -0.25) is 9.59 Å². The number of carbonyl (C=O) groups is 2. The van der Waals surface area contributed by atoms with E-state index in [0.717, 1.165) is 13.0 Å². The van der Waals surface area contributed by atoms with Gasteiger partial charge in [0, 0.05) is 26.7 Å². The summed E-state index contributed by atoms with van der Waals surface area (Å²) in [6.07, 6.45) is 0.788. The van der Waals surface area contributed by atoms with Gasteiger partial charge >= 0.3 is 0 Å². The Labute approximate surface area is 135 Å². The van der Waals surface area contributed by atoms with Crippen molar-refractivity contribution in [3.63, 3.8) is 0 Å². The van der Waals surface area contributed by atoms with Crippen LogP contribution in [0.25, 0.3) is 0 Å². The van der Waals surface area contributed by atoms with Gasteiger partial charge < -0.3 is 25.0 Å². The summed E-state index contributed by atoms with van der Waals surface area (Å²) in [4.78, 5) is 26.2. The van der Waals surface area contributed by atoms with Crippen molar-refractivity contribution in [2.24, 2.45) is 5.92 Å². The highest BCUT2D eigenvalue weighted by Gasteiger charge is 2.25. The Hall–Kier alpha value is -2.28. The molecule has 1 aliphatic heterocycles. The normalized spacial score (nSPS) is 16.8. The van der Waals surface area contributed by atoms with E-state index in [0.29, 0.717) is 29.3 Å². The van der Waals surface area contributed by atoms with Crippen LogP contribution in [-0.4, -0.2) is 58.1 Å². The summed E-state index contributed by atoms with van der Waals surface area (Å²) in [6.45, 7) is 1.48. The van der Waals surface area contributed by atoms with Crippen LogP contribution in [0.4, 0.5) is 5.69 Å². The monoisotopic (exact) mass is 321 g/mol. The van der Waals surface area contributed by atoms with E-state index in [-0.39, 0.29) is 17.7 Å². The zero-order chi connectivity index (χ0) is 17.0. The standard InChI is InChI=1S/C16H23N3O4/c1-19(2)16(21)11-7-13(22-3)14(23-4)8-12(11)18-15(20)10-5-6-17-9-10/h7-8,10,17H,5-6,9H2,1-4H3,(H,18,20). The van der Waals surface area contributed by atoms with Crippen molar-refractivity contribution in [3.05, 3.63) is 17.7 Å². The summed E-state index contributed by atoms with van der Waals surface area (Å²) >= 11 is 0. The highest BCUT2D eigenvalue weighted by atomic mass is 16.5. The Balaban J connectivity index is 2.37. The van der Waals surface area contributed by atoms with Crippen molar-refractivity contribution in [2.75, 3.05) is 46.7 Å². The van der Waals surface area contributed by atoms with Crippen molar-refractivity contribution < 1.29 is 19.1 Å². The second-order valence-corrected chi connectivity index (χ2v) is 5.63. The first-order chi connectivity index (χ1) is 11.0. The molecule has 1 aromatic rings. The van der Waals surface area contributed by atoms with E-state index in [9.17, 15) is 9.59 Å². The third kappa shape index (κ3) is 3.73. The Morgan fingerprint density at radius 2 is 1.87 bits per heavy atom. The average Bonchev–Trinajstić information content (AvgIpc) is 3.08. The van der Waals surface area contributed by atoms with Gasteiger partial charge in [0.15, 0.2) is 11.5 Å². The van der Waals surface area contributed by atoms with Gasteiger partial charge in [0.25, 0.3) is 5.91 Å². The van der Waals surface area contributed by atoms with Crippen LogP contribution in [0.1, 0.15) is 16.8 Å². The quantitative estimate of drug-likeness (QED) is 0.844. The minimum absolute atomic E-state index is 0.0922. The number of methoxy groups -OCH3 is 2. The predicted molar refractivity (Wildman–Crippen MR) is 87.2 cm³/mol. The van der Waals surface area contributed by atoms with Crippen LogP contribution in [0.3, 0.4) is 0 Å². The summed E-state index contributed by atoms with van der Waals surface area (Å²) < 4.78 is 10.5. The molecule has 0 spiro atoms. The van der Waals surface area contributed by atoms with E-state index < -0.39 is 0 Å². The van der Waals surface area contributed by atoms with Gasteiger partial charge in [0.2, 0.25) is 5.91 Å². The smallest absolute Gasteiger partial charge is 0.255 e. The summed E-state index contributed by atoms with van der Waals surface area (Å²) in [6, 6.07) is 3.21. The number of amides is 2. The zero-order valence-corrected chi connectivity index (χ0v) is 13.9. The maximum absolute atomic E-state index is 12.4. The molecule has 1 aromatic carbocycles. The van der Waals surface area contributed by atoms with E-state index >= 15 is 0 Å².